The molecule has 1 aromatic carbocycles. The van der Waals surface area contributed by atoms with Crippen LogP contribution in [0.25, 0.3) is 11.1 Å². The van der Waals surface area contributed by atoms with Crippen molar-refractivity contribution < 1.29 is 4.42 Å². The number of aromatic nitrogens is 2. The number of hydrogen-bond acceptors (Lipinski definition) is 5. The predicted octanol–water partition coefficient (Wildman–Crippen LogP) is 4.04. The maximum absolute atomic E-state index is 5.70. The minimum absolute atomic E-state index is 0.299. The van der Waals surface area contributed by atoms with Crippen LogP contribution in [0.15, 0.2) is 57.1 Å². The maximum Gasteiger partial charge on any atom is 0.261 e. The summed E-state index contributed by atoms with van der Waals surface area (Å²) in [6, 6.07) is 12.2. The number of rotatable bonds is 5. The van der Waals surface area contributed by atoms with Crippen LogP contribution in [0.4, 0.5) is 0 Å². The molecule has 5 heteroatoms. The molecule has 0 amide bonds. The Morgan fingerprint density at radius 3 is 2.76 bits per heavy atom. The fourth-order valence-electron chi connectivity index (χ4n) is 2.21. The van der Waals surface area contributed by atoms with Crippen LogP contribution in [0.1, 0.15) is 25.1 Å². The lowest BCUT2D eigenvalue weighted by molar-refractivity contribution is 0.489. The summed E-state index contributed by atoms with van der Waals surface area (Å²) in [5.41, 5.74) is 2.75. The fourth-order valence-corrected chi connectivity index (χ4v) is 2.93. The van der Waals surface area contributed by atoms with Crippen molar-refractivity contribution in [3.05, 3.63) is 48.3 Å². The van der Waals surface area contributed by atoms with E-state index in [0.29, 0.717) is 11.3 Å². The minimum Gasteiger partial charge on any atom is -0.431 e. The predicted molar refractivity (Wildman–Crippen MR) is 84.5 cm³/mol. The normalized spacial score (nSPS) is 12.7. The summed E-state index contributed by atoms with van der Waals surface area (Å²) in [6.45, 7) is 2.14. The van der Waals surface area contributed by atoms with Gasteiger partial charge in [-0.05, 0) is 49.5 Å². The van der Waals surface area contributed by atoms with Gasteiger partial charge in [0.15, 0.2) is 5.58 Å². The van der Waals surface area contributed by atoms with Gasteiger partial charge in [-0.1, -0.05) is 19.1 Å². The van der Waals surface area contributed by atoms with Gasteiger partial charge in [0.05, 0.1) is 5.69 Å². The van der Waals surface area contributed by atoms with Crippen LogP contribution in [0, 0.1) is 0 Å². The highest BCUT2D eigenvalue weighted by atomic mass is 32.2. The molecule has 0 saturated heterocycles. The van der Waals surface area contributed by atoms with E-state index in [1.165, 1.54) is 11.8 Å². The van der Waals surface area contributed by atoms with E-state index >= 15 is 0 Å². The molecule has 2 heterocycles. The van der Waals surface area contributed by atoms with Crippen LogP contribution in [0.5, 0.6) is 0 Å². The maximum atomic E-state index is 5.70. The molecule has 0 aliphatic rings. The van der Waals surface area contributed by atoms with E-state index in [1.54, 1.807) is 0 Å². The van der Waals surface area contributed by atoms with Crippen molar-refractivity contribution in [2.45, 2.75) is 29.5 Å². The van der Waals surface area contributed by atoms with Gasteiger partial charge in [-0.25, -0.2) is 4.98 Å². The van der Waals surface area contributed by atoms with Crippen LogP contribution >= 0.6 is 11.8 Å². The molecule has 0 fully saturated rings. The van der Waals surface area contributed by atoms with Crippen LogP contribution in [0.2, 0.25) is 0 Å². The number of para-hydroxylation sites is 2. The number of benzene rings is 1. The van der Waals surface area contributed by atoms with E-state index in [0.717, 1.165) is 28.1 Å². The van der Waals surface area contributed by atoms with Crippen LogP contribution in [0.3, 0.4) is 0 Å². The topological polar surface area (TPSA) is 51.0 Å². The van der Waals surface area contributed by atoms with Crippen LogP contribution in [-0.2, 0) is 0 Å². The monoisotopic (exact) mass is 299 g/mol. The molecule has 3 aromatic rings. The summed E-state index contributed by atoms with van der Waals surface area (Å²) in [6.07, 6.45) is 2.88. The summed E-state index contributed by atoms with van der Waals surface area (Å²) in [5.74, 6) is 0. The minimum atomic E-state index is 0.299. The number of nitrogens with one attached hydrogen (secondary N) is 1. The third kappa shape index (κ3) is 3.09. The Bertz CT molecular complexity index is 687. The van der Waals surface area contributed by atoms with Gasteiger partial charge >= 0.3 is 0 Å². The second-order valence-corrected chi connectivity index (χ2v) is 5.74. The zero-order valence-corrected chi connectivity index (χ0v) is 12.9. The van der Waals surface area contributed by atoms with E-state index in [9.17, 15) is 0 Å². The highest BCUT2D eigenvalue weighted by Gasteiger charge is 2.10. The molecule has 4 nitrogen and oxygen atoms in total. The lowest BCUT2D eigenvalue weighted by atomic mass is 10.1. The number of oxazole rings is 1. The van der Waals surface area contributed by atoms with Gasteiger partial charge in [-0.3, -0.25) is 4.98 Å². The second-order valence-electron chi connectivity index (χ2n) is 4.72. The number of fused-ring (bicyclic) bond motifs is 1. The molecule has 3 rings (SSSR count). The van der Waals surface area contributed by atoms with Gasteiger partial charge in [-0.15, -0.1) is 0 Å². The van der Waals surface area contributed by atoms with Crippen LogP contribution < -0.4 is 5.32 Å². The zero-order valence-electron chi connectivity index (χ0n) is 12.0. The van der Waals surface area contributed by atoms with Crippen molar-refractivity contribution in [3.63, 3.8) is 0 Å². The van der Waals surface area contributed by atoms with E-state index < -0.39 is 0 Å². The van der Waals surface area contributed by atoms with E-state index in [4.69, 9.17) is 4.42 Å². The average Bonchev–Trinajstić information content (AvgIpc) is 2.92. The van der Waals surface area contributed by atoms with Crippen molar-refractivity contribution in [1.82, 2.24) is 15.3 Å². The lowest BCUT2D eigenvalue weighted by Gasteiger charge is -2.12. The Labute approximate surface area is 128 Å². The first-order valence-electron chi connectivity index (χ1n) is 6.96. The highest BCUT2D eigenvalue weighted by Crippen LogP contribution is 2.29. The molecule has 0 saturated carbocycles. The number of hydrogen-bond donors (Lipinski definition) is 1. The SMILES string of the molecule is CCC(NC)c1ccc(Sc2nc3ccccc3o2)cn1. The molecule has 0 aliphatic heterocycles. The molecule has 1 unspecified atom stereocenters. The second kappa shape index (κ2) is 6.28. The van der Waals surface area contributed by atoms with Gasteiger partial charge < -0.3 is 9.73 Å². The van der Waals surface area contributed by atoms with Crippen molar-refractivity contribution in [3.8, 4) is 0 Å². The van der Waals surface area contributed by atoms with Gasteiger partial charge in [0.1, 0.15) is 5.52 Å². The van der Waals surface area contributed by atoms with Crippen LogP contribution in [-0.4, -0.2) is 17.0 Å². The van der Waals surface area contributed by atoms with E-state index in [1.807, 2.05) is 37.5 Å². The highest BCUT2D eigenvalue weighted by molar-refractivity contribution is 7.99. The molecule has 1 N–H and O–H groups in total. The van der Waals surface area contributed by atoms with Gasteiger partial charge in [-0.2, -0.15) is 0 Å². The molecule has 0 aliphatic carbocycles. The van der Waals surface area contributed by atoms with Gasteiger partial charge in [0.25, 0.3) is 5.22 Å². The molecule has 108 valence electrons. The van der Waals surface area contributed by atoms with E-state index in [-0.39, 0.29) is 0 Å². The van der Waals surface area contributed by atoms with Crippen molar-refractivity contribution in [1.29, 1.82) is 0 Å². The fraction of sp³-hybridized carbons (Fsp3) is 0.250. The first-order chi connectivity index (χ1) is 10.3. The summed E-state index contributed by atoms with van der Waals surface area (Å²) in [7, 11) is 1.96. The third-order valence-electron chi connectivity index (χ3n) is 3.35. The molecule has 21 heavy (non-hydrogen) atoms. The van der Waals surface area contributed by atoms with Crippen molar-refractivity contribution in [2.24, 2.45) is 0 Å². The van der Waals surface area contributed by atoms with Gasteiger partial charge in [0.2, 0.25) is 0 Å². The summed E-state index contributed by atoms with van der Waals surface area (Å²) in [5, 5.41) is 3.90. The molecular formula is C16H17N3OS. The quantitative estimate of drug-likeness (QED) is 0.770. The standard InChI is InChI=1S/C16H17N3OS/c1-3-12(17-2)13-9-8-11(10-18-13)21-16-19-14-6-4-5-7-15(14)20-16/h4-10,12,17H,3H2,1-2H3. The summed E-state index contributed by atoms with van der Waals surface area (Å²) >= 11 is 1.49. The molecule has 1 atom stereocenters. The third-order valence-corrected chi connectivity index (χ3v) is 4.18. The molecule has 0 radical (unpaired) electrons. The lowest BCUT2D eigenvalue weighted by Crippen LogP contribution is -2.16. The molecule has 0 spiro atoms. The number of pyridine rings is 1. The first-order valence-corrected chi connectivity index (χ1v) is 7.78. The number of nitrogens with zero attached hydrogens (tertiary/aromatic N) is 2. The summed E-state index contributed by atoms with van der Waals surface area (Å²) < 4.78 is 5.70. The summed E-state index contributed by atoms with van der Waals surface area (Å²) in [4.78, 5) is 10.00. The Morgan fingerprint density at radius 1 is 1.24 bits per heavy atom. The average molecular weight is 299 g/mol. The molecule has 0 bridgehead atoms. The Balaban J connectivity index is 1.78. The molecular weight excluding hydrogens is 282 g/mol. The Morgan fingerprint density at radius 2 is 2.10 bits per heavy atom. The first kappa shape index (κ1) is 14.1. The Kier molecular flexibility index (Phi) is 4.22. The zero-order chi connectivity index (χ0) is 14.7. The molecule has 2 aromatic heterocycles. The van der Waals surface area contributed by atoms with Crippen molar-refractivity contribution >= 4 is 22.9 Å². The van der Waals surface area contributed by atoms with Crippen molar-refractivity contribution in [2.75, 3.05) is 7.05 Å². The van der Waals surface area contributed by atoms with E-state index in [2.05, 4.69) is 34.3 Å². The Hall–Kier alpha value is -1.85. The van der Waals surface area contributed by atoms with Gasteiger partial charge in [0, 0.05) is 17.1 Å². The largest absolute Gasteiger partial charge is 0.431 e. The smallest absolute Gasteiger partial charge is 0.261 e.